The van der Waals surface area contributed by atoms with Crippen LogP contribution in [0.2, 0.25) is 0 Å². The van der Waals surface area contributed by atoms with E-state index in [-0.39, 0.29) is 0 Å². The lowest BCUT2D eigenvalue weighted by Gasteiger charge is -2.39. The van der Waals surface area contributed by atoms with Crippen molar-refractivity contribution in [3.8, 4) is 79.4 Å². The summed E-state index contributed by atoms with van der Waals surface area (Å²) in [6.07, 6.45) is 0. The van der Waals surface area contributed by atoms with Gasteiger partial charge in [-0.05, 0) is 46.5 Å². The Hall–Kier alpha value is -8.55. The van der Waals surface area contributed by atoms with Crippen LogP contribution in [0, 0.1) is 0 Å². The second-order valence-electron chi connectivity index (χ2n) is 15.9. The van der Waals surface area contributed by atoms with Crippen LogP contribution in [-0.2, 0) is 5.41 Å². The van der Waals surface area contributed by atoms with Gasteiger partial charge in [0.25, 0.3) is 0 Å². The van der Waals surface area contributed by atoms with Crippen LogP contribution in [0.1, 0.15) is 22.3 Å². The first-order chi connectivity index (χ1) is 31.2. The number of fused-ring (bicyclic) bond motifs is 12. The molecule has 8 aromatic carbocycles. The Morgan fingerprint density at radius 2 is 0.905 bits per heavy atom. The molecule has 0 atom stereocenters. The van der Waals surface area contributed by atoms with Gasteiger partial charge in [0.2, 0.25) is 5.71 Å². The van der Waals surface area contributed by atoms with Gasteiger partial charge in [0.05, 0.1) is 16.5 Å². The quantitative estimate of drug-likeness (QED) is 0.171. The third kappa shape index (κ3) is 5.30. The van der Waals surface area contributed by atoms with Crippen molar-refractivity contribution < 1.29 is 9.15 Å². The summed E-state index contributed by atoms with van der Waals surface area (Å²) in [4.78, 5) is 26.0. The minimum atomic E-state index is -0.735. The molecule has 3 aromatic heterocycles. The van der Waals surface area contributed by atoms with E-state index in [1.54, 1.807) is 0 Å². The summed E-state index contributed by atoms with van der Waals surface area (Å²) in [5.74, 6) is 4.01. The van der Waals surface area contributed by atoms with Crippen molar-refractivity contribution in [3.05, 3.63) is 222 Å². The van der Waals surface area contributed by atoms with Gasteiger partial charge in [-0.3, -0.25) is 0 Å². The van der Waals surface area contributed by atoms with E-state index in [0.29, 0.717) is 29.0 Å². The van der Waals surface area contributed by atoms with Gasteiger partial charge in [0, 0.05) is 44.3 Å². The molecule has 11 aromatic rings. The van der Waals surface area contributed by atoms with Crippen LogP contribution >= 0.6 is 0 Å². The van der Waals surface area contributed by atoms with Gasteiger partial charge in [-0.1, -0.05) is 176 Å². The number of para-hydroxylation sites is 3. The maximum atomic E-state index is 6.71. The molecule has 0 bridgehead atoms. The summed E-state index contributed by atoms with van der Waals surface area (Å²) in [5, 5.41) is 1.82. The Morgan fingerprint density at radius 1 is 0.365 bits per heavy atom. The van der Waals surface area contributed by atoms with Crippen molar-refractivity contribution in [3.63, 3.8) is 0 Å². The minimum absolute atomic E-state index is 0.539. The monoisotopic (exact) mass is 807 g/mol. The summed E-state index contributed by atoms with van der Waals surface area (Å²) in [6.45, 7) is 0. The van der Waals surface area contributed by atoms with Crippen molar-refractivity contribution in [2.45, 2.75) is 5.41 Å². The first-order valence-corrected chi connectivity index (χ1v) is 21.0. The molecule has 63 heavy (non-hydrogen) atoms. The molecule has 7 heteroatoms. The Morgan fingerprint density at radius 3 is 1.56 bits per heavy atom. The fraction of sp³-hybridized carbons (Fsp3) is 0.0179. The highest BCUT2D eigenvalue weighted by atomic mass is 16.5. The zero-order chi connectivity index (χ0) is 41.5. The summed E-state index contributed by atoms with van der Waals surface area (Å²) >= 11 is 0. The van der Waals surface area contributed by atoms with Crippen LogP contribution in [-0.4, -0.2) is 24.9 Å². The van der Waals surface area contributed by atoms with Crippen molar-refractivity contribution in [1.82, 2.24) is 24.9 Å². The molecule has 7 nitrogen and oxygen atoms in total. The molecule has 0 fully saturated rings. The van der Waals surface area contributed by atoms with E-state index in [9.17, 15) is 0 Å². The number of hydrogen-bond acceptors (Lipinski definition) is 7. The van der Waals surface area contributed by atoms with Crippen molar-refractivity contribution in [2.75, 3.05) is 0 Å². The average molecular weight is 808 g/mol. The fourth-order valence-corrected chi connectivity index (χ4v) is 9.76. The van der Waals surface area contributed by atoms with E-state index in [0.717, 1.165) is 94.7 Å². The van der Waals surface area contributed by atoms with E-state index in [1.165, 1.54) is 0 Å². The first kappa shape index (κ1) is 35.2. The van der Waals surface area contributed by atoms with Crippen molar-refractivity contribution in [1.29, 1.82) is 0 Å². The average Bonchev–Trinajstić information content (AvgIpc) is 3.88. The van der Waals surface area contributed by atoms with Crippen LogP contribution < -0.4 is 4.74 Å². The van der Waals surface area contributed by atoms with Gasteiger partial charge in [-0.15, -0.1) is 0 Å². The lowest BCUT2D eigenvalue weighted by Crippen LogP contribution is -2.32. The summed E-state index contributed by atoms with van der Waals surface area (Å²) in [7, 11) is 0. The maximum Gasteiger partial charge on any atom is 0.231 e. The number of benzene rings is 8. The molecule has 0 radical (unpaired) electrons. The summed E-state index contributed by atoms with van der Waals surface area (Å²) in [6, 6.07) is 68.5. The Labute approximate surface area is 362 Å². The van der Waals surface area contributed by atoms with Gasteiger partial charge >= 0.3 is 0 Å². The standard InChI is InChI=1S/C56H33N5O2/c1-4-17-34(18-5-1)51-57-50(49-38-23-10-13-28-45(38)63-55(49)61-51)37-31-32-41-40(33-37)48-39(54-59-52(35-19-6-2-7-20-35)58-53(60-54)36-21-8-3-9-22-36)24-16-27-44(48)56(41)42-25-11-14-29-46(42)62-47-30-15-12-26-43(47)56/h1-33H. The molecule has 13 rings (SSSR count). The molecule has 0 unspecified atom stereocenters. The molecular formula is C56H33N5O2. The molecule has 0 saturated heterocycles. The number of aromatic nitrogens is 5. The van der Waals surface area contributed by atoms with Gasteiger partial charge in [0.15, 0.2) is 23.3 Å². The SMILES string of the molecule is c1ccc(-c2nc(-c3ccccc3)nc(-c3cccc4c3-c3cc(-c5nc(-c6ccccc6)nc6oc7ccccc7c56)ccc3C43c4ccccc4Oc4ccccc43)n2)cc1. The molecule has 1 aliphatic carbocycles. The van der Waals surface area contributed by atoms with Gasteiger partial charge in [-0.25, -0.2) is 19.9 Å². The predicted molar refractivity (Wildman–Crippen MR) is 247 cm³/mol. The molecular weight excluding hydrogens is 775 g/mol. The lowest BCUT2D eigenvalue weighted by molar-refractivity contribution is 0.436. The van der Waals surface area contributed by atoms with E-state index >= 15 is 0 Å². The van der Waals surface area contributed by atoms with E-state index in [2.05, 4.69) is 78.9 Å². The minimum Gasteiger partial charge on any atom is -0.457 e. The second-order valence-corrected chi connectivity index (χ2v) is 15.9. The number of ether oxygens (including phenoxy) is 1. The van der Waals surface area contributed by atoms with E-state index in [1.807, 2.05) is 121 Å². The summed E-state index contributed by atoms with van der Waals surface area (Å²) < 4.78 is 13.2. The topological polar surface area (TPSA) is 86.8 Å². The maximum absolute atomic E-state index is 6.71. The second kappa shape index (κ2) is 13.7. The molecule has 1 spiro atoms. The van der Waals surface area contributed by atoms with E-state index < -0.39 is 5.41 Å². The normalized spacial score (nSPS) is 13.0. The molecule has 4 heterocycles. The smallest absolute Gasteiger partial charge is 0.231 e. The zero-order valence-electron chi connectivity index (χ0n) is 33.6. The van der Waals surface area contributed by atoms with Crippen LogP contribution in [0.3, 0.4) is 0 Å². The lowest BCUT2D eigenvalue weighted by atomic mass is 9.66. The molecule has 0 saturated carbocycles. The Kier molecular flexibility index (Phi) is 7.68. The molecule has 1 aliphatic heterocycles. The van der Waals surface area contributed by atoms with Crippen LogP contribution in [0.25, 0.3) is 90.0 Å². The Balaban J connectivity index is 1.14. The van der Waals surface area contributed by atoms with Crippen LogP contribution in [0.15, 0.2) is 205 Å². The molecule has 0 N–H and O–H groups in total. The van der Waals surface area contributed by atoms with Gasteiger partial charge < -0.3 is 9.15 Å². The van der Waals surface area contributed by atoms with Crippen LogP contribution in [0.5, 0.6) is 11.5 Å². The van der Waals surface area contributed by atoms with E-state index in [4.69, 9.17) is 34.1 Å². The molecule has 0 amide bonds. The zero-order valence-corrected chi connectivity index (χ0v) is 33.6. The highest BCUT2D eigenvalue weighted by Crippen LogP contribution is 2.63. The number of hydrogen-bond donors (Lipinski definition) is 0. The van der Waals surface area contributed by atoms with Gasteiger partial charge in [0.1, 0.15) is 17.1 Å². The number of rotatable bonds is 5. The van der Waals surface area contributed by atoms with Crippen molar-refractivity contribution >= 4 is 22.1 Å². The highest BCUT2D eigenvalue weighted by molar-refractivity contribution is 6.11. The third-order valence-corrected chi connectivity index (χ3v) is 12.4. The predicted octanol–water partition coefficient (Wildman–Crippen LogP) is 13.4. The first-order valence-electron chi connectivity index (χ1n) is 21.0. The summed E-state index contributed by atoms with van der Waals surface area (Å²) in [5.41, 5.74) is 12.4. The molecule has 294 valence electrons. The number of nitrogens with zero attached hydrogens (tertiary/aromatic N) is 5. The largest absolute Gasteiger partial charge is 0.457 e. The Bertz CT molecular complexity index is 3500. The highest BCUT2D eigenvalue weighted by Gasteiger charge is 2.52. The molecule has 2 aliphatic rings. The van der Waals surface area contributed by atoms with Gasteiger partial charge in [-0.2, -0.15) is 4.98 Å². The van der Waals surface area contributed by atoms with Crippen LogP contribution in [0.4, 0.5) is 0 Å². The number of furan rings is 1. The van der Waals surface area contributed by atoms with Crippen molar-refractivity contribution in [2.24, 2.45) is 0 Å². The fourth-order valence-electron chi connectivity index (χ4n) is 9.76. The third-order valence-electron chi connectivity index (χ3n) is 12.4.